The lowest BCUT2D eigenvalue weighted by molar-refractivity contribution is 0.573. The molecule has 6 nitrogen and oxygen atoms in total. The molecule has 1 aliphatic heterocycles. The molecule has 2 aromatic heterocycles. The lowest BCUT2D eigenvalue weighted by atomic mass is 9.83. The molecule has 0 bridgehead atoms. The van der Waals surface area contributed by atoms with Gasteiger partial charge in [-0.05, 0) is 49.8 Å². The molecule has 2 aromatic rings. The molecule has 25 heavy (non-hydrogen) atoms. The second-order valence-electron chi connectivity index (χ2n) is 6.79. The van der Waals surface area contributed by atoms with Gasteiger partial charge in [0.1, 0.15) is 17.5 Å². The Morgan fingerprint density at radius 1 is 1.40 bits per heavy atom. The number of aromatic nitrogens is 3. The number of nitriles is 1. The molecule has 1 atom stereocenters. The van der Waals surface area contributed by atoms with E-state index in [2.05, 4.69) is 34.0 Å². The van der Waals surface area contributed by atoms with Crippen LogP contribution in [0.3, 0.4) is 0 Å². The van der Waals surface area contributed by atoms with E-state index in [1.54, 1.807) is 0 Å². The molecule has 1 aliphatic carbocycles. The zero-order valence-corrected chi connectivity index (χ0v) is 15.2. The van der Waals surface area contributed by atoms with E-state index in [4.69, 9.17) is 10.8 Å². The number of fused-ring (bicyclic) bond motifs is 2. The summed E-state index contributed by atoms with van der Waals surface area (Å²) in [5.74, 6) is 0.714. The molecule has 3 heterocycles. The summed E-state index contributed by atoms with van der Waals surface area (Å²) in [4.78, 5) is 4.56. The first-order valence-electron chi connectivity index (χ1n) is 8.69. The molecule has 0 aromatic carbocycles. The molecule has 0 amide bonds. The summed E-state index contributed by atoms with van der Waals surface area (Å²) < 4.78 is 2.06. The highest BCUT2D eigenvalue weighted by atomic mass is 35.5. The quantitative estimate of drug-likeness (QED) is 0.817. The summed E-state index contributed by atoms with van der Waals surface area (Å²) in [5, 5.41) is 17.9. The monoisotopic (exact) mass is 358 g/mol. The maximum atomic E-state index is 9.66. The summed E-state index contributed by atoms with van der Waals surface area (Å²) >= 11 is 0. The van der Waals surface area contributed by atoms with Crippen LogP contribution in [0, 0.1) is 11.3 Å². The first-order valence-corrected chi connectivity index (χ1v) is 8.69. The Bertz CT molecular complexity index is 812. The minimum absolute atomic E-state index is 0. The topological polar surface area (TPSA) is 92.5 Å². The number of nitrogen functional groups attached to an aromatic ring is 1. The molecule has 1 unspecified atom stereocenters. The van der Waals surface area contributed by atoms with Gasteiger partial charge in [0.15, 0.2) is 0 Å². The van der Waals surface area contributed by atoms with E-state index in [0.29, 0.717) is 17.3 Å². The van der Waals surface area contributed by atoms with Crippen molar-refractivity contribution < 1.29 is 0 Å². The van der Waals surface area contributed by atoms with Gasteiger partial charge < -0.3 is 11.1 Å². The normalized spacial score (nSPS) is 19.1. The van der Waals surface area contributed by atoms with Gasteiger partial charge in [-0.3, -0.25) is 4.68 Å². The molecular formula is C18H23ClN6. The molecule has 0 saturated heterocycles. The fourth-order valence-corrected chi connectivity index (χ4v) is 3.92. The average molecular weight is 359 g/mol. The van der Waals surface area contributed by atoms with E-state index in [1.165, 1.54) is 11.3 Å². The van der Waals surface area contributed by atoms with Gasteiger partial charge in [-0.2, -0.15) is 10.4 Å². The third kappa shape index (κ3) is 2.99. The van der Waals surface area contributed by atoms with Crippen molar-refractivity contribution in [3.05, 3.63) is 28.6 Å². The van der Waals surface area contributed by atoms with Crippen LogP contribution in [0.2, 0.25) is 0 Å². The summed E-state index contributed by atoms with van der Waals surface area (Å²) in [6, 6.07) is 4.37. The van der Waals surface area contributed by atoms with Crippen LogP contribution >= 0.6 is 12.4 Å². The number of nitrogens with zero attached hydrogens (tertiary/aromatic N) is 4. The number of aryl methyl sites for hydroxylation is 1. The number of hydrogen-bond acceptors (Lipinski definition) is 5. The predicted octanol–water partition coefficient (Wildman–Crippen LogP) is 2.75. The lowest BCUT2D eigenvalue weighted by Crippen LogP contribution is -2.15. The number of hydrogen-bond donors (Lipinski definition) is 2. The van der Waals surface area contributed by atoms with Crippen molar-refractivity contribution in [1.82, 2.24) is 20.1 Å². The van der Waals surface area contributed by atoms with E-state index in [9.17, 15) is 5.26 Å². The SMILES string of the molecule is CC1CCCc2c1nc(N)c(C#N)c2-c1cc2n(n1)CCCNC2.Cl. The molecule has 0 saturated carbocycles. The first-order chi connectivity index (χ1) is 11.7. The van der Waals surface area contributed by atoms with E-state index in [-0.39, 0.29) is 12.4 Å². The highest BCUT2D eigenvalue weighted by Gasteiger charge is 2.27. The third-order valence-corrected chi connectivity index (χ3v) is 5.15. The molecule has 2 aliphatic rings. The molecule has 0 radical (unpaired) electrons. The fourth-order valence-electron chi connectivity index (χ4n) is 3.92. The van der Waals surface area contributed by atoms with Gasteiger partial charge in [-0.25, -0.2) is 4.98 Å². The Balaban J connectivity index is 0.00000182. The number of pyridine rings is 1. The van der Waals surface area contributed by atoms with Gasteiger partial charge in [0.25, 0.3) is 0 Å². The standard InChI is InChI=1S/C18H22N6.ClH/c1-11-4-2-5-13-16(14(9-19)18(20)22-17(11)13)15-8-12-10-21-6-3-7-24(12)23-15;/h8,11,21H,2-7,10H2,1H3,(H2,20,22);1H. The lowest BCUT2D eigenvalue weighted by Gasteiger charge is -2.24. The van der Waals surface area contributed by atoms with Crippen LogP contribution in [0.15, 0.2) is 6.07 Å². The van der Waals surface area contributed by atoms with E-state index in [0.717, 1.165) is 62.3 Å². The van der Waals surface area contributed by atoms with Crippen LogP contribution in [0.1, 0.15) is 54.6 Å². The number of rotatable bonds is 1. The minimum Gasteiger partial charge on any atom is -0.383 e. The summed E-state index contributed by atoms with van der Waals surface area (Å²) in [7, 11) is 0. The van der Waals surface area contributed by atoms with E-state index >= 15 is 0 Å². The molecule has 7 heteroatoms. The van der Waals surface area contributed by atoms with Gasteiger partial charge >= 0.3 is 0 Å². The maximum absolute atomic E-state index is 9.66. The van der Waals surface area contributed by atoms with Crippen LogP contribution in [-0.2, 0) is 19.5 Å². The predicted molar refractivity (Wildman–Crippen MR) is 99.5 cm³/mol. The van der Waals surface area contributed by atoms with Crippen molar-refractivity contribution in [3.8, 4) is 17.3 Å². The summed E-state index contributed by atoms with van der Waals surface area (Å²) in [6.45, 7) is 4.92. The van der Waals surface area contributed by atoms with Gasteiger partial charge in [0.05, 0.1) is 11.4 Å². The number of anilines is 1. The van der Waals surface area contributed by atoms with Crippen molar-refractivity contribution in [2.75, 3.05) is 12.3 Å². The number of nitrogens with one attached hydrogen (secondary N) is 1. The second-order valence-corrected chi connectivity index (χ2v) is 6.79. The molecule has 3 N–H and O–H groups in total. The van der Waals surface area contributed by atoms with Crippen LogP contribution in [0.25, 0.3) is 11.3 Å². The van der Waals surface area contributed by atoms with Crippen molar-refractivity contribution >= 4 is 18.2 Å². The Kier molecular flexibility index (Phi) is 4.98. The van der Waals surface area contributed by atoms with Crippen molar-refractivity contribution in [2.45, 2.75) is 51.6 Å². The average Bonchev–Trinajstić information content (AvgIpc) is 2.85. The Morgan fingerprint density at radius 3 is 3.04 bits per heavy atom. The summed E-state index contributed by atoms with van der Waals surface area (Å²) in [5.41, 5.74) is 11.8. The zero-order chi connectivity index (χ0) is 16.7. The van der Waals surface area contributed by atoms with Crippen LogP contribution in [-0.4, -0.2) is 21.3 Å². The smallest absolute Gasteiger partial charge is 0.142 e. The molecule has 4 rings (SSSR count). The van der Waals surface area contributed by atoms with Gasteiger partial charge in [-0.15, -0.1) is 12.4 Å². The minimum atomic E-state index is 0. The number of nitrogens with two attached hydrogens (primary N) is 1. The van der Waals surface area contributed by atoms with E-state index in [1.807, 2.05) is 0 Å². The van der Waals surface area contributed by atoms with Gasteiger partial charge in [0, 0.05) is 24.3 Å². The van der Waals surface area contributed by atoms with Crippen molar-refractivity contribution in [2.24, 2.45) is 0 Å². The summed E-state index contributed by atoms with van der Waals surface area (Å²) in [6.07, 6.45) is 4.24. The van der Waals surface area contributed by atoms with Crippen LogP contribution in [0.4, 0.5) is 5.82 Å². The molecular weight excluding hydrogens is 336 g/mol. The third-order valence-electron chi connectivity index (χ3n) is 5.15. The van der Waals surface area contributed by atoms with E-state index < -0.39 is 0 Å². The molecule has 132 valence electrons. The highest BCUT2D eigenvalue weighted by Crippen LogP contribution is 2.39. The second kappa shape index (κ2) is 7.03. The van der Waals surface area contributed by atoms with Crippen molar-refractivity contribution in [3.63, 3.8) is 0 Å². The molecule has 0 spiro atoms. The largest absolute Gasteiger partial charge is 0.383 e. The fraction of sp³-hybridized carbons (Fsp3) is 0.500. The molecule has 0 fully saturated rings. The van der Waals surface area contributed by atoms with Gasteiger partial charge in [0.2, 0.25) is 0 Å². The Morgan fingerprint density at radius 2 is 2.24 bits per heavy atom. The van der Waals surface area contributed by atoms with Crippen LogP contribution in [0.5, 0.6) is 0 Å². The van der Waals surface area contributed by atoms with Crippen LogP contribution < -0.4 is 11.1 Å². The first kappa shape index (κ1) is 17.7. The number of halogens is 1. The van der Waals surface area contributed by atoms with Gasteiger partial charge in [-0.1, -0.05) is 6.92 Å². The highest BCUT2D eigenvalue weighted by molar-refractivity contribution is 5.85. The maximum Gasteiger partial charge on any atom is 0.142 e. The Hall–Kier alpha value is -2.10. The Labute approximate surface area is 153 Å². The van der Waals surface area contributed by atoms with Crippen molar-refractivity contribution in [1.29, 1.82) is 5.26 Å². The zero-order valence-electron chi connectivity index (χ0n) is 14.4.